The van der Waals surface area contributed by atoms with Crippen molar-refractivity contribution < 1.29 is 4.74 Å². The van der Waals surface area contributed by atoms with Crippen LogP contribution in [0.2, 0.25) is 0 Å². The number of hydrogen-bond acceptors (Lipinski definition) is 7. The van der Waals surface area contributed by atoms with E-state index < -0.39 is 0 Å². The molecular formula is C20H27N5OS. The van der Waals surface area contributed by atoms with Crippen LogP contribution in [0.1, 0.15) is 38.4 Å². The molecule has 0 aromatic carbocycles. The molecule has 1 fully saturated rings. The molecule has 2 aromatic heterocycles. The molecule has 1 saturated heterocycles. The highest BCUT2D eigenvalue weighted by Gasteiger charge is 2.55. The standard InChI is InChI=1S/C20H27N5OS/c1-19(2)9-15-20(3,12-26-19)14-11-22-18(27-5)24-17(14)25(15)16-8-6-7-13(23-16)10-21-4/h6-8,11,15,21H,9-10,12H2,1-5H3/t15-,20-/m1/s1. The number of anilines is 2. The molecular weight excluding hydrogens is 358 g/mol. The number of aromatic nitrogens is 3. The van der Waals surface area contributed by atoms with Crippen molar-refractivity contribution in [1.29, 1.82) is 0 Å². The second-order valence-electron chi connectivity index (χ2n) is 8.17. The first kappa shape index (κ1) is 18.7. The average Bonchev–Trinajstić information content (AvgIpc) is 2.89. The van der Waals surface area contributed by atoms with Gasteiger partial charge < -0.3 is 15.0 Å². The van der Waals surface area contributed by atoms with Gasteiger partial charge in [0.05, 0.1) is 23.9 Å². The Bertz CT molecular complexity index is 858. The molecule has 0 saturated carbocycles. The highest BCUT2D eigenvalue weighted by atomic mass is 32.2. The fourth-order valence-electron chi connectivity index (χ4n) is 4.16. The second-order valence-corrected chi connectivity index (χ2v) is 8.94. The van der Waals surface area contributed by atoms with Gasteiger partial charge in [-0.05, 0) is 45.7 Å². The fraction of sp³-hybridized carbons (Fsp3) is 0.550. The number of rotatable bonds is 4. The molecule has 0 spiro atoms. The fourth-order valence-corrected chi connectivity index (χ4v) is 4.50. The van der Waals surface area contributed by atoms with Crippen LogP contribution in [-0.4, -0.2) is 46.5 Å². The first-order chi connectivity index (χ1) is 12.9. The Morgan fingerprint density at radius 3 is 2.85 bits per heavy atom. The lowest BCUT2D eigenvalue weighted by atomic mass is 9.73. The van der Waals surface area contributed by atoms with E-state index in [0.717, 1.165) is 41.0 Å². The molecule has 7 heteroatoms. The Labute approximate surface area is 165 Å². The van der Waals surface area contributed by atoms with Crippen LogP contribution in [0.3, 0.4) is 0 Å². The summed E-state index contributed by atoms with van der Waals surface area (Å²) in [7, 11) is 1.94. The van der Waals surface area contributed by atoms with Crippen LogP contribution in [0.15, 0.2) is 29.6 Å². The lowest BCUT2D eigenvalue weighted by Crippen LogP contribution is -2.54. The first-order valence-corrected chi connectivity index (χ1v) is 10.6. The van der Waals surface area contributed by atoms with Crippen LogP contribution in [-0.2, 0) is 16.7 Å². The number of nitrogens with one attached hydrogen (secondary N) is 1. The van der Waals surface area contributed by atoms with E-state index in [0.29, 0.717) is 6.61 Å². The van der Waals surface area contributed by atoms with Crippen molar-refractivity contribution in [2.24, 2.45) is 0 Å². The van der Waals surface area contributed by atoms with E-state index in [4.69, 9.17) is 14.7 Å². The smallest absolute Gasteiger partial charge is 0.189 e. The number of ether oxygens (including phenoxy) is 1. The number of nitrogens with zero attached hydrogens (tertiary/aromatic N) is 4. The van der Waals surface area contributed by atoms with Crippen molar-refractivity contribution in [3.8, 4) is 0 Å². The molecule has 144 valence electrons. The summed E-state index contributed by atoms with van der Waals surface area (Å²) < 4.78 is 6.22. The average molecular weight is 386 g/mol. The van der Waals surface area contributed by atoms with Crippen LogP contribution in [0, 0.1) is 0 Å². The van der Waals surface area contributed by atoms with Crippen LogP contribution < -0.4 is 10.2 Å². The summed E-state index contributed by atoms with van der Waals surface area (Å²) in [4.78, 5) is 16.7. The third-order valence-corrected chi connectivity index (χ3v) is 6.23. The molecule has 2 aliphatic heterocycles. The molecule has 0 bridgehead atoms. The normalized spacial score (nSPS) is 26.0. The zero-order valence-electron chi connectivity index (χ0n) is 16.6. The first-order valence-electron chi connectivity index (χ1n) is 9.33. The lowest BCUT2D eigenvalue weighted by Gasteiger charge is -2.46. The van der Waals surface area contributed by atoms with Gasteiger partial charge in [0, 0.05) is 23.7 Å². The molecule has 1 N–H and O–H groups in total. The Kier molecular flexibility index (Phi) is 4.64. The molecule has 0 amide bonds. The summed E-state index contributed by atoms with van der Waals surface area (Å²) in [6.07, 6.45) is 4.90. The summed E-state index contributed by atoms with van der Waals surface area (Å²) in [6, 6.07) is 6.45. The second kappa shape index (κ2) is 6.72. The number of pyridine rings is 1. The third-order valence-electron chi connectivity index (χ3n) is 5.66. The van der Waals surface area contributed by atoms with E-state index in [-0.39, 0.29) is 17.1 Å². The van der Waals surface area contributed by atoms with Crippen molar-refractivity contribution in [1.82, 2.24) is 20.3 Å². The summed E-state index contributed by atoms with van der Waals surface area (Å²) in [5.41, 5.74) is 1.85. The van der Waals surface area contributed by atoms with Crippen LogP contribution in [0.25, 0.3) is 0 Å². The minimum absolute atomic E-state index is 0.150. The van der Waals surface area contributed by atoms with Gasteiger partial charge in [-0.1, -0.05) is 24.8 Å². The zero-order chi connectivity index (χ0) is 19.2. The summed E-state index contributed by atoms with van der Waals surface area (Å²) in [5, 5.41) is 3.97. The van der Waals surface area contributed by atoms with E-state index >= 15 is 0 Å². The maximum absolute atomic E-state index is 6.22. The Balaban J connectivity index is 1.87. The van der Waals surface area contributed by atoms with Crippen molar-refractivity contribution in [3.63, 3.8) is 0 Å². The van der Waals surface area contributed by atoms with E-state index in [1.807, 2.05) is 19.5 Å². The molecule has 4 heterocycles. The van der Waals surface area contributed by atoms with Crippen LogP contribution in [0.4, 0.5) is 11.6 Å². The molecule has 0 radical (unpaired) electrons. The van der Waals surface area contributed by atoms with Gasteiger partial charge in [0.15, 0.2) is 5.16 Å². The van der Waals surface area contributed by atoms with Crippen LogP contribution in [0.5, 0.6) is 0 Å². The van der Waals surface area contributed by atoms with Crippen LogP contribution >= 0.6 is 11.8 Å². The summed E-state index contributed by atoms with van der Waals surface area (Å²) >= 11 is 1.56. The Hall–Kier alpha value is -1.70. The predicted molar refractivity (Wildman–Crippen MR) is 109 cm³/mol. The maximum atomic E-state index is 6.22. The number of hydrogen-bond donors (Lipinski definition) is 1. The van der Waals surface area contributed by atoms with E-state index in [1.165, 1.54) is 0 Å². The monoisotopic (exact) mass is 385 g/mol. The minimum Gasteiger partial charge on any atom is -0.374 e. The van der Waals surface area contributed by atoms with Gasteiger partial charge in [0.2, 0.25) is 0 Å². The summed E-state index contributed by atoms with van der Waals surface area (Å²) in [5.74, 6) is 1.92. The lowest BCUT2D eigenvalue weighted by molar-refractivity contribution is -0.0893. The topological polar surface area (TPSA) is 63.2 Å². The van der Waals surface area contributed by atoms with Gasteiger partial charge in [-0.25, -0.2) is 15.0 Å². The van der Waals surface area contributed by atoms with E-state index in [9.17, 15) is 0 Å². The van der Waals surface area contributed by atoms with Crippen molar-refractivity contribution >= 4 is 23.4 Å². The largest absolute Gasteiger partial charge is 0.374 e. The molecule has 0 aliphatic carbocycles. The zero-order valence-corrected chi connectivity index (χ0v) is 17.4. The summed E-state index contributed by atoms with van der Waals surface area (Å²) in [6.45, 7) is 8.00. The van der Waals surface area contributed by atoms with Crippen molar-refractivity contribution in [3.05, 3.63) is 35.7 Å². The predicted octanol–water partition coefficient (Wildman–Crippen LogP) is 3.29. The molecule has 4 rings (SSSR count). The molecule has 2 aromatic rings. The van der Waals surface area contributed by atoms with Gasteiger partial charge in [0.1, 0.15) is 11.6 Å². The van der Waals surface area contributed by atoms with Gasteiger partial charge in [-0.3, -0.25) is 0 Å². The molecule has 2 atom stereocenters. The van der Waals surface area contributed by atoms with Gasteiger partial charge in [-0.15, -0.1) is 0 Å². The maximum Gasteiger partial charge on any atom is 0.189 e. The number of thioether (sulfide) groups is 1. The third kappa shape index (κ3) is 3.11. The van der Waals surface area contributed by atoms with E-state index in [1.54, 1.807) is 11.8 Å². The highest BCUT2D eigenvalue weighted by molar-refractivity contribution is 7.98. The molecule has 0 unspecified atom stereocenters. The molecule has 27 heavy (non-hydrogen) atoms. The van der Waals surface area contributed by atoms with Gasteiger partial charge >= 0.3 is 0 Å². The van der Waals surface area contributed by atoms with Gasteiger partial charge in [0.25, 0.3) is 0 Å². The molecule has 2 aliphatic rings. The number of fused-ring (bicyclic) bond motifs is 3. The quantitative estimate of drug-likeness (QED) is 0.640. The minimum atomic E-state index is -0.178. The Morgan fingerprint density at radius 1 is 1.30 bits per heavy atom. The van der Waals surface area contributed by atoms with Gasteiger partial charge in [-0.2, -0.15) is 0 Å². The van der Waals surface area contributed by atoms with Crippen molar-refractivity contribution in [2.75, 3.05) is 24.8 Å². The Morgan fingerprint density at radius 2 is 2.11 bits per heavy atom. The molecule has 6 nitrogen and oxygen atoms in total. The van der Waals surface area contributed by atoms with E-state index in [2.05, 4.69) is 54.2 Å². The highest BCUT2D eigenvalue weighted by Crippen LogP contribution is 2.52. The van der Waals surface area contributed by atoms with Crippen molar-refractivity contribution in [2.45, 2.75) is 56.0 Å². The SMILES string of the molecule is CNCc1cccc(N2c3nc(SC)ncc3[C@@]3(C)COC(C)(C)C[C@@H]23)n1.